The van der Waals surface area contributed by atoms with Gasteiger partial charge >= 0.3 is 0 Å². The van der Waals surface area contributed by atoms with E-state index in [1.165, 1.54) is 16.2 Å². The zero-order valence-corrected chi connectivity index (χ0v) is 15.3. The molecule has 3 rings (SSSR count). The summed E-state index contributed by atoms with van der Waals surface area (Å²) in [5, 5.41) is 8.91. The highest BCUT2D eigenvalue weighted by atomic mass is 35.5. The van der Waals surface area contributed by atoms with Crippen LogP contribution in [0.1, 0.15) is 12.8 Å². The number of piperidine rings is 1. The van der Waals surface area contributed by atoms with Gasteiger partial charge in [0.1, 0.15) is 0 Å². The molecule has 0 unspecified atom stereocenters. The van der Waals surface area contributed by atoms with Crippen LogP contribution in [0.5, 0.6) is 0 Å². The number of rotatable bonds is 4. The van der Waals surface area contributed by atoms with E-state index in [0.717, 1.165) is 37.2 Å². The Kier molecular flexibility index (Phi) is 6.89. The molecule has 1 aromatic heterocycles. The third kappa shape index (κ3) is 4.70. The fourth-order valence-corrected chi connectivity index (χ4v) is 3.65. The first-order chi connectivity index (χ1) is 10.8. The number of thioether (sulfide) groups is 1. The molecule has 1 amide bonds. The predicted molar refractivity (Wildman–Crippen MR) is 101 cm³/mol. The normalized spacial score (nSPS) is 15.0. The Morgan fingerprint density at radius 1 is 1.30 bits per heavy atom. The van der Waals surface area contributed by atoms with Gasteiger partial charge in [-0.25, -0.2) is 4.98 Å². The number of hydrogen-bond acceptors (Lipinski definition) is 5. The van der Waals surface area contributed by atoms with Crippen LogP contribution in [0.2, 0.25) is 0 Å². The Balaban J connectivity index is 0.00000192. The van der Waals surface area contributed by atoms with Crippen molar-refractivity contribution in [1.82, 2.24) is 10.3 Å². The molecule has 1 aliphatic heterocycles. The average Bonchev–Trinajstić information content (AvgIpc) is 3.04. The van der Waals surface area contributed by atoms with Crippen LogP contribution in [0.15, 0.2) is 34.5 Å². The summed E-state index contributed by atoms with van der Waals surface area (Å²) in [4.78, 5) is 18.0. The molecule has 0 atom stereocenters. The molecule has 2 N–H and O–H groups in total. The summed E-state index contributed by atoms with van der Waals surface area (Å²) in [7, 11) is 0. The fraction of sp³-hybridized carbons (Fsp3) is 0.375. The molecule has 2 heterocycles. The van der Waals surface area contributed by atoms with E-state index in [1.807, 2.05) is 5.38 Å². The van der Waals surface area contributed by atoms with Gasteiger partial charge in [0.05, 0.1) is 5.69 Å². The molecule has 4 nitrogen and oxygen atoms in total. The van der Waals surface area contributed by atoms with E-state index in [9.17, 15) is 4.79 Å². The van der Waals surface area contributed by atoms with Gasteiger partial charge in [-0.1, -0.05) is 12.1 Å². The Morgan fingerprint density at radius 2 is 2.00 bits per heavy atom. The van der Waals surface area contributed by atoms with Gasteiger partial charge in [-0.3, -0.25) is 4.79 Å². The molecule has 124 valence electrons. The van der Waals surface area contributed by atoms with Crippen LogP contribution in [0.4, 0.5) is 5.13 Å². The van der Waals surface area contributed by atoms with Gasteiger partial charge in [0.2, 0.25) is 5.91 Å². The topological polar surface area (TPSA) is 54.0 Å². The third-order valence-electron chi connectivity index (χ3n) is 3.83. The summed E-state index contributed by atoms with van der Waals surface area (Å²) in [5.74, 6) is 0.203. The van der Waals surface area contributed by atoms with Crippen molar-refractivity contribution in [2.45, 2.75) is 17.7 Å². The first-order valence-electron chi connectivity index (χ1n) is 7.38. The van der Waals surface area contributed by atoms with E-state index in [1.54, 1.807) is 11.8 Å². The second kappa shape index (κ2) is 8.68. The predicted octanol–water partition coefficient (Wildman–Crippen LogP) is 3.89. The highest BCUT2D eigenvalue weighted by molar-refractivity contribution is 7.98. The number of nitrogens with one attached hydrogen (secondary N) is 2. The minimum atomic E-state index is 0. The SMILES string of the molecule is CSc1ccc(-c2csc(NC(=O)C3CCNCC3)n2)cc1.Cl. The summed E-state index contributed by atoms with van der Waals surface area (Å²) in [6, 6.07) is 8.32. The zero-order chi connectivity index (χ0) is 15.4. The first-order valence-corrected chi connectivity index (χ1v) is 9.48. The van der Waals surface area contributed by atoms with Gasteiger partial charge in [-0.05, 0) is 44.3 Å². The quantitative estimate of drug-likeness (QED) is 0.803. The minimum Gasteiger partial charge on any atom is -0.317 e. The molecule has 7 heteroatoms. The van der Waals surface area contributed by atoms with E-state index < -0.39 is 0 Å². The van der Waals surface area contributed by atoms with Crippen molar-refractivity contribution in [3.05, 3.63) is 29.6 Å². The largest absolute Gasteiger partial charge is 0.317 e. The van der Waals surface area contributed by atoms with E-state index in [0.29, 0.717) is 5.13 Å². The molecule has 0 bridgehead atoms. The fourth-order valence-electron chi connectivity index (χ4n) is 2.52. The Labute approximate surface area is 150 Å². The molecule has 1 saturated heterocycles. The molecule has 1 aliphatic rings. The van der Waals surface area contributed by atoms with Crippen LogP contribution in [0.3, 0.4) is 0 Å². The molecule has 0 radical (unpaired) electrons. The Bertz CT molecular complexity index is 639. The van der Waals surface area contributed by atoms with Gasteiger partial charge in [0.25, 0.3) is 0 Å². The van der Waals surface area contributed by atoms with Crippen molar-refractivity contribution in [1.29, 1.82) is 0 Å². The van der Waals surface area contributed by atoms with Crippen molar-refractivity contribution in [2.24, 2.45) is 5.92 Å². The van der Waals surface area contributed by atoms with E-state index in [4.69, 9.17) is 0 Å². The van der Waals surface area contributed by atoms with Crippen molar-refractivity contribution in [2.75, 3.05) is 24.7 Å². The highest BCUT2D eigenvalue weighted by Crippen LogP contribution is 2.27. The molecule has 23 heavy (non-hydrogen) atoms. The van der Waals surface area contributed by atoms with Crippen LogP contribution in [0, 0.1) is 5.92 Å². The number of nitrogens with zero attached hydrogens (tertiary/aromatic N) is 1. The van der Waals surface area contributed by atoms with E-state index in [-0.39, 0.29) is 24.2 Å². The lowest BCUT2D eigenvalue weighted by atomic mass is 9.97. The lowest BCUT2D eigenvalue weighted by Gasteiger charge is -2.20. The first kappa shape index (κ1) is 18.3. The van der Waals surface area contributed by atoms with Crippen LogP contribution in [0.25, 0.3) is 11.3 Å². The number of carbonyl (C=O) groups is 1. The summed E-state index contributed by atoms with van der Waals surface area (Å²) in [5.41, 5.74) is 2.00. The van der Waals surface area contributed by atoms with Crippen LogP contribution < -0.4 is 10.6 Å². The number of hydrogen-bond donors (Lipinski definition) is 2. The van der Waals surface area contributed by atoms with Gasteiger partial charge in [0, 0.05) is 21.8 Å². The Morgan fingerprint density at radius 3 is 2.65 bits per heavy atom. The smallest absolute Gasteiger partial charge is 0.229 e. The average molecular weight is 370 g/mol. The molecular formula is C16H20ClN3OS2. The summed E-state index contributed by atoms with van der Waals surface area (Å²) < 4.78 is 0. The molecular weight excluding hydrogens is 350 g/mol. The van der Waals surface area contributed by atoms with Gasteiger partial charge in [-0.2, -0.15) is 0 Å². The molecule has 1 aromatic carbocycles. The third-order valence-corrected chi connectivity index (χ3v) is 5.33. The van der Waals surface area contributed by atoms with E-state index in [2.05, 4.69) is 46.1 Å². The maximum Gasteiger partial charge on any atom is 0.229 e. The maximum absolute atomic E-state index is 12.2. The van der Waals surface area contributed by atoms with Crippen molar-refractivity contribution in [3.8, 4) is 11.3 Å². The summed E-state index contributed by atoms with van der Waals surface area (Å²) in [6.07, 6.45) is 3.87. The monoisotopic (exact) mass is 369 g/mol. The van der Waals surface area contributed by atoms with Gasteiger partial charge in [-0.15, -0.1) is 35.5 Å². The van der Waals surface area contributed by atoms with E-state index >= 15 is 0 Å². The minimum absolute atomic E-state index is 0. The second-order valence-electron chi connectivity index (χ2n) is 5.28. The number of thiazole rings is 1. The van der Waals surface area contributed by atoms with Crippen LogP contribution in [-0.2, 0) is 4.79 Å². The standard InChI is InChI=1S/C16H19N3OS2.ClH/c1-21-13-4-2-11(3-5-13)14-10-22-16(18-14)19-15(20)12-6-8-17-9-7-12;/h2-5,10,12,17H,6-9H2,1H3,(H,18,19,20);1H. The van der Waals surface area contributed by atoms with Crippen molar-refractivity contribution in [3.63, 3.8) is 0 Å². The maximum atomic E-state index is 12.2. The van der Waals surface area contributed by atoms with Gasteiger partial charge < -0.3 is 10.6 Å². The molecule has 2 aromatic rings. The number of benzene rings is 1. The zero-order valence-electron chi connectivity index (χ0n) is 12.9. The Hall–Kier alpha value is -1.08. The number of carbonyl (C=O) groups excluding carboxylic acids is 1. The molecule has 0 spiro atoms. The summed E-state index contributed by atoms with van der Waals surface area (Å²) in [6.45, 7) is 1.84. The van der Waals surface area contributed by atoms with Crippen LogP contribution in [-0.4, -0.2) is 30.2 Å². The van der Waals surface area contributed by atoms with Crippen molar-refractivity contribution >= 4 is 46.5 Å². The lowest BCUT2D eigenvalue weighted by Crippen LogP contribution is -2.34. The number of halogens is 1. The molecule has 0 aliphatic carbocycles. The highest BCUT2D eigenvalue weighted by Gasteiger charge is 2.21. The summed E-state index contributed by atoms with van der Waals surface area (Å²) >= 11 is 3.20. The van der Waals surface area contributed by atoms with Crippen LogP contribution >= 0.6 is 35.5 Å². The molecule has 1 fully saturated rings. The van der Waals surface area contributed by atoms with Gasteiger partial charge in [0.15, 0.2) is 5.13 Å². The van der Waals surface area contributed by atoms with Crippen molar-refractivity contribution < 1.29 is 4.79 Å². The lowest BCUT2D eigenvalue weighted by molar-refractivity contribution is -0.120. The number of anilines is 1. The number of aromatic nitrogens is 1. The molecule has 0 saturated carbocycles. The second-order valence-corrected chi connectivity index (χ2v) is 7.02. The number of amides is 1.